The highest BCUT2D eigenvalue weighted by Crippen LogP contribution is 2.19. The van der Waals surface area contributed by atoms with Crippen molar-refractivity contribution in [3.05, 3.63) is 76.0 Å². The number of pyridine rings is 1. The molecule has 0 amide bonds. The average Bonchev–Trinajstić information content (AvgIpc) is 3.07. The molecule has 0 fully saturated rings. The van der Waals surface area contributed by atoms with Crippen molar-refractivity contribution in [3.8, 4) is 0 Å². The molecule has 0 aliphatic rings. The maximum atomic E-state index is 11.9. The van der Waals surface area contributed by atoms with Crippen molar-refractivity contribution in [1.29, 1.82) is 0 Å². The number of hydrogen-bond acceptors (Lipinski definition) is 5. The normalized spacial score (nSPS) is 11.4. The van der Waals surface area contributed by atoms with E-state index in [9.17, 15) is 4.79 Å². The van der Waals surface area contributed by atoms with Crippen LogP contribution >= 0.6 is 0 Å². The zero-order valence-electron chi connectivity index (χ0n) is 14.6. The SMILES string of the molecule is CCc1ccc2c(CNCCc3nnc4ccccn34)cc(=O)oc2c1. The molecule has 1 aromatic carbocycles. The Morgan fingerprint density at radius 2 is 2.08 bits per heavy atom. The van der Waals surface area contributed by atoms with Crippen molar-refractivity contribution in [2.24, 2.45) is 0 Å². The smallest absolute Gasteiger partial charge is 0.336 e. The maximum Gasteiger partial charge on any atom is 0.336 e. The molecule has 4 rings (SSSR count). The first-order valence-corrected chi connectivity index (χ1v) is 8.79. The summed E-state index contributed by atoms with van der Waals surface area (Å²) in [6.07, 6.45) is 3.63. The minimum absolute atomic E-state index is 0.314. The van der Waals surface area contributed by atoms with E-state index in [-0.39, 0.29) is 5.63 Å². The lowest BCUT2D eigenvalue weighted by Crippen LogP contribution is -2.19. The van der Waals surface area contributed by atoms with E-state index >= 15 is 0 Å². The third-order valence-electron chi connectivity index (χ3n) is 4.53. The van der Waals surface area contributed by atoms with E-state index in [1.54, 1.807) is 6.07 Å². The molecule has 0 aliphatic carbocycles. The zero-order chi connectivity index (χ0) is 17.9. The summed E-state index contributed by atoms with van der Waals surface area (Å²) in [4.78, 5) is 11.9. The lowest BCUT2D eigenvalue weighted by atomic mass is 10.1. The fourth-order valence-corrected chi connectivity index (χ4v) is 3.13. The summed E-state index contributed by atoms with van der Waals surface area (Å²) < 4.78 is 7.34. The van der Waals surface area contributed by atoms with Crippen LogP contribution in [0.3, 0.4) is 0 Å². The van der Waals surface area contributed by atoms with E-state index in [1.807, 2.05) is 40.9 Å². The molecular formula is C20H20N4O2. The first-order valence-electron chi connectivity index (χ1n) is 8.79. The van der Waals surface area contributed by atoms with Crippen molar-refractivity contribution in [2.45, 2.75) is 26.3 Å². The molecule has 132 valence electrons. The highest BCUT2D eigenvalue weighted by atomic mass is 16.4. The molecule has 3 aromatic heterocycles. The molecule has 26 heavy (non-hydrogen) atoms. The van der Waals surface area contributed by atoms with Gasteiger partial charge in [0, 0.05) is 37.2 Å². The molecule has 0 saturated carbocycles. The highest BCUT2D eigenvalue weighted by Gasteiger charge is 2.07. The second-order valence-corrected chi connectivity index (χ2v) is 6.25. The van der Waals surface area contributed by atoms with E-state index in [1.165, 1.54) is 0 Å². The predicted octanol–water partition coefficient (Wildman–Crippen LogP) is 2.73. The van der Waals surface area contributed by atoms with Gasteiger partial charge < -0.3 is 9.73 Å². The molecule has 0 atom stereocenters. The number of fused-ring (bicyclic) bond motifs is 2. The first kappa shape index (κ1) is 16.5. The van der Waals surface area contributed by atoms with Crippen LogP contribution in [0.2, 0.25) is 0 Å². The highest BCUT2D eigenvalue weighted by molar-refractivity contribution is 5.80. The summed E-state index contributed by atoms with van der Waals surface area (Å²) in [5, 5.41) is 12.8. The van der Waals surface area contributed by atoms with Crippen molar-refractivity contribution in [2.75, 3.05) is 6.54 Å². The van der Waals surface area contributed by atoms with Crippen LogP contribution in [0.4, 0.5) is 0 Å². The molecular weight excluding hydrogens is 328 g/mol. The molecule has 1 N–H and O–H groups in total. The molecule has 4 aromatic rings. The van der Waals surface area contributed by atoms with E-state index in [2.05, 4.69) is 28.5 Å². The van der Waals surface area contributed by atoms with Crippen LogP contribution < -0.4 is 10.9 Å². The van der Waals surface area contributed by atoms with Gasteiger partial charge in [-0.2, -0.15) is 0 Å². The Morgan fingerprint density at radius 3 is 2.96 bits per heavy atom. The number of aromatic nitrogens is 3. The van der Waals surface area contributed by atoms with Gasteiger partial charge >= 0.3 is 5.63 Å². The van der Waals surface area contributed by atoms with Gasteiger partial charge in [0.1, 0.15) is 11.4 Å². The summed E-state index contributed by atoms with van der Waals surface area (Å²) in [6, 6.07) is 13.5. The minimum atomic E-state index is -0.314. The first-order chi connectivity index (χ1) is 12.7. The number of nitrogens with zero attached hydrogens (tertiary/aromatic N) is 3. The van der Waals surface area contributed by atoms with Gasteiger partial charge in [0.15, 0.2) is 5.65 Å². The molecule has 0 saturated heterocycles. The van der Waals surface area contributed by atoms with Crippen LogP contribution in [0.5, 0.6) is 0 Å². The Morgan fingerprint density at radius 1 is 1.15 bits per heavy atom. The summed E-state index contributed by atoms with van der Waals surface area (Å²) in [7, 11) is 0. The van der Waals surface area contributed by atoms with E-state index in [0.717, 1.165) is 47.4 Å². The standard InChI is InChI=1S/C20H20N4O2/c1-2-14-6-7-16-15(12-20(25)26-17(16)11-14)13-21-9-8-19-23-22-18-5-3-4-10-24(18)19/h3-7,10-12,21H,2,8-9,13H2,1H3. The molecule has 0 bridgehead atoms. The van der Waals surface area contributed by atoms with Crippen LogP contribution in [-0.4, -0.2) is 21.1 Å². The number of hydrogen-bond donors (Lipinski definition) is 1. The number of benzene rings is 1. The Hall–Kier alpha value is -2.99. The van der Waals surface area contributed by atoms with Gasteiger partial charge in [-0.15, -0.1) is 10.2 Å². The summed E-state index contributed by atoms with van der Waals surface area (Å²) in [6.45, 7) is 3.42. The summed E-state index contributed by atoms with van der Waals surface area (Å²) >= 11 is 0. The molecule has 3 heterocycles. The van der Waals surface area contributed by atoms with E-state index in [4.69, 9.17) is 4.42 Å². The second-order valence-electron chi connectivity index (χ2n) is 6.25. The molecule has 6 heteroatoms. The number of nitrogens with one attached hydrogen (secondary N) is 1. The van der Waals surface area contributed by atoms with Crippen LogP contribution in [0.25, 0.3) is 16.6 Å². The lowest BCUT2D eigenvalue weighted by molar-refractivity contribution is 0.556. The fourth-order valence-electron chi connectivity index (χ4n) is 3.13. The summed E-state index contributed by atoms with van der Waals surface area (Å²) in [5.74, 6) is 0.915. The van der Waals surface area contributed by atoms with E-state index in [0.29, 0.717) is 12.1 Å². The van der Waals surface area contributed by atoms with Crippen LogP contribution in [-0.2, 0) is 19.4 Å². The van der Waals surface area contributed by atoms with Crippen molar-refractivity contribution < 1.29 is 4.42 Å². The van der Waals surface area contributed by atoms with Crippen molar-refractivity contribution in [1.82, 2.24) is 19.9 Å². The quantitative estimate of drug-likeness (QED) is 0.428. The average molecular weight is 348 g/mol. The number of aryl methyl sites for hydroxylation is 1. The van der Waals surface area contributed by atoms with Gasteiger partial charge in [0.2, 0.25) is 0 Å². The van der Waals surface area contributed by atoms with E-state index < -0.39 is 0 Å². The lowest BCUT2D eigenvalue weighted by Gasteiger charge is -2.08. The Labute approximate surface area is 150 Å². The maximum absolute atomic E-state index is 11.9. The van der Waals surface area contributed by atoms with Crippen LogP contribution in [0, 0.1) is 0 Å². The monoisotopic (exact) mass is 348 g/mol. The third kappa shape index (κ3) is 3.23. The Kier molecular flexibility index (Phi) is 4.50. The Bertz CT molecular complexity index is 1110. The van der Waals surface area contributed by atoms with Crippen LogP contribution in [0.15, 0.2) is 57.9 Å². The topological polar surface area (TPSA) is 72.4 Å². The molecule has 0 unspecified atom stereocenters. The van der Waals surface area contributed by atoms with Gasteiger partial charge in [-0.3, -0.25) is 4.40 Å². The van der Waals surface area contributed by atoms with Gasteiger partial charge in [0.05, 0.1) is 0 Å². The molecule has 6 nitrogen and oxygen atoms in total. The van der Waals surface area contributed by atoms with Crippen molar-refractivity contribution >= 4 is 16.6 Å². The summed E-state index contributed by atoms with van der Waals surface area (Å²) in [5.41, 5.74) is 3.29. The van der Waals surface area contributed by atoms with Gasteiger partial charge in [-0.25, -0.2) is 4.79 Å². The Balaban J connectivity index is 1.47. The second kappa shape index (κ2) is 7.09. The predicted molar refractivity (Wildman–Crippen MR) is 100 cm³/mol. The fraction of sp³-hybridized carbons (Fsp3) is 0.250. The molecule has 0 aliphatic heterocycles. The molecule has 0 spiro atoms. The van der Waals surface area contributed by atoms with Gasteiger partial charge in [0.25, 0.3) is 0 Å². The van der Waals surface area contributed by atoms with Crippen LogP contribution in [0.1, 0.15) is 23.9 Å². The molecule has 0 radical (unpaired) electrons. The largest absolute Gasteiger partial charge is 0.423 e. The third-order valence-corrected chi connectivity index (χ3v) is 4.53. The minimum Gasteiger partial charge on any atom is -0.423 e. The zero-order valence-corrected chi connectivity index (χ0v) is 14.6. The van der Waals surface area contributed by atoms with Crippen molar-refractivity contribution in [3.63, 3.8) is 0 Å². The number of rotatable bonds is 6. The van der Waals surface area contributed by atoms with Gasteiger partial charge in [-0.1, -0.05) is 25.1 Å². The van der Waals surface area contributed by atoms with Gasteiger partial charge in [-0.05, 0) is 35.7 Å².